The Bertz CT molecular complexity index is 337. The van der Waals surface area contributed by atoms with Crippen LogP contribution in [0, 0.1) is 5.92 Å². The van der Waals surface area contributed by atoms with Gasteiger partial charge in [-0.15, -0.1) is 0 Å². The molecule has 1 aliphatic rings. The van der Waals surface area contributed by atoms with Gasteiger partial charge in [0.15, 0.2) is 11.5 Å². The average Bonchev–Trinajstić information content (AvgIpc) is 2.86. The lowest BCUT2D eigenvalue weighted by Gasteiger charge is -2.05. The van der Waals surface area contributed by atoms with Gasteiger partial charge in [0.1, 0.15) is 5.76 Å². The van der Waals surface area contributed by atoms with E-state index in [1.165, 1.54) is 25.7 Å². The molecule has 3 heteroatoms. The molecule has 0 bridgehead atoms. The van der Waals surface area contributed by atoms with E-state index in [1.807, 2.05) is 0 Å². The van der Waals surface area contributed by atoms with Crippen molar-refractivity contribution in [2.75, 3.05) is 0 Å². The highest BCUT2D eigenvalue weighted by molar-refractivity contribution is 5.93. The monoisotopic (exact) mass is 207 g/mol. The zero-order valence-electron chi connectivity index (χ0n) is 8.87. The summed E-state index contributed by atoms with van der Waals surface area (Å²) < 4.78 is 5.33. The fourth-order valence-corrected chi connectivity index (χ4v) is 2.21. The molecule has 1 heterocycles. The molecule has 0 aromatic carbocycles. The van der Waals surface area contributed by atoms with Gasteiger partial charge < -0.3 is 10.2 Å². The standard InChI is InChI=1S/C12H17NO2/c13-8-10-5-6-12(15-10)11(14)7-9-3-1-2-4-9/h5-6,9H,1-4,7-8,13H2. The van der Waals surface area contributed by atoms with Crippen molar-refractivity contribution in [2.45, 2.75) is 38.6 Å². The molecule has 3 nitrogen and oxygen atoms in total. The van der Waals surface area contributed by atoms with Crippen LogP contribution in [0.4, 0.5) is 0 Å². The topological polar surface area (TPSA) is 56.2 Å². The molecular weight excluding hydrogens is 190 g/mol. The second-order valence-electron chi connectivity index (χ2n) is 4.25. The molecule has 0 radical (unpaired) electrons. The number of hydrogen-bond donors (Lipinski definition) is 1. The molecule has 0 saturated heterocycles. The van der Waals surface area contributed by atoms with Crippen molar-refractivity contribution in [3.63, 3.8) is 0 Å². The first-order valence-corrected chi connectivity index (χ1v) is 5.61. The Morgan fingerprint density at radius 3 is 2.73 bits per heavy atom. The van der Waals surface area contributed by atoms with Gasteiger partial charge >= 0.3 is 0 Å². The van der Waals surface area contributed by atoms with Crippen LogP contribution < -0.4 is 5.73 Å². The lowest BCUT2D eigenvalue weighted by molar-refractivity contribution is 0.0933. The number of rotatable bonds is 4. The van der Waals surface area contributed by atoms with Gasteiger partial charge in [0.05, 0.1) is 6.54 Å². The molecule has 1 aromatic rings. The van der Waals surface area contributed by atoms with Crippen molar-refractivity contribution in [1.29, 1.82) is 0 Å². The van der Waals surface area contributed by atoms with E-state index in [-0.39, 0.29) is 5.78 Å². The third-order valence-electron chi connectivity index (χ3n) is 3.09. The largest absolute Gasteiger partial charge is 0.457 e. The Morgan fingerprint density at radius 2 is 2.13 bits per heavy atom. The van der Waals surface area contributed by atoms with Crippen molar-refractivity contribution >= 4 is 5.78 Å². The summed E-state index contributed by atoms with van der Waals surface area (Å²) in [6.45, 7) is 0.358. The van der Waals surface area contributed by atoms with Crippen LogP contribution in [-0.2, 0) is 6.54 Å². The highest BCUT2D eigenvalue weighted by atomic mass is 16.3. The maximum atomic E-state index is 11.8. The lowest BCUT2D eigenvalue weighted by atomic mass is 10.0. The summed E-state index contributed by atoms with van der Waals surface area (Å²) in [7, 11) is 0. The molecule has 0 aliphatic heterocycles. The predicted molar refractivity (Wildman–Crippen MR) is 57.5 cm³/mol. The molecular formula is C12H17NO2. The minimum atomic E-state index is 0.126. The van der Waals surface area contributed by atoms with E-state index in [0.29, 0.717) is 30.4 Å². The number of furan rings is 1. The molecule has 1 saturated carbocycles. The van der Waals surface area contributed by atoms with Gasteiger partial charge in [-0.25, -0.2) is 0 Å². The first-order valence-electron chi connectivity index (χ1n) is 5.61. The maximum absolute atomic E-state index is 11.8. The van der Waals surface area contributed by atoms with Crippen LogP contribution in [-0.4, -0.2) is 5.78 Å². The number of hydrogen-bond acceptors (Lipinski definition) is 3. The van der Waals surface area contributed by atoms with Gasteiger partial charge in [0.2, 0.25) is 0 Å². The molecule has 82 valence electrons. The van der Waals surface area contributed by atoms with Crippen LogP contribution in [0.2, 0.25) is 0 Å². The Hall–Kier alpha value is -1.09. The maximum Gasteiger partial charge on any atom is 0.198 e. The summed E-state index contributed by atoms with van der Waals surface area (Å²) in [5.41, 5.74) is 5.42. The Labute approximate surface area is 89.6 Å². The second kappa shape index (κ2) is 4.62. The van der Waals surface area contributed by atoms with Gasteiger partial charge in [0, 0.05) is 6.42 Å². The fraction of sp³-hybridized carbons (Fsp3) is 0.583. The SMILES string of the molecule is NCc1ccc(C(=O)CC2CCCC2)o1. The second-order valence-corrected chi connectivity index (χ2v) is 4.25. The molecule has 0 spiro atoms. The van der Waals surface area contributed by atoms with Gasteiger partial charge in [-0.05, 0) is 18.1 Å². The summed E-state index contributed by atoms with van der Waals surface area (Å²) in [5.74, 6) is 1.86. The minimum absolute atomic E-state index is 0.126. The van der Waals surface area contributed by atoms with Crippen molar-refractivity contribution in [3.8, 4) is 0 Å². The van der Waals surface area contributed by atoms with Gasteiger partial charge in [-0.1, -0.05) is 25.7 Å². The smallest absolute Gasteiger partial charge is 0.198 e. The molecule has 1 aliphatic carbocycles. The summed E-state index contributed by atoms with van der Waals surface area (Å²) in [6, 6.07) is 3.52. The third kappa shape index (κ3) is 2.48. The van der Waals surface area contributed by atoms with Crippen molar-refractivity contribution < 1.29 is 9.21 Å². The fourth-order valence-electron chi connectivity index (χ4n) is 2.21. The summed E-state index contributed by atoms with van der Waals surface area (Å²) in [5, 5.41) is 0. The minimum Gasteiger partial charge on any atom is -0.457 e. The van der Waals surface area contributed by atoms with Crippen LogP contribution in [0.3, 0.4) is 0 Å². The summed E-state index contributed by atoms with van der Waals surface area (Å²) >= 11 is 0. The first kappa shape index (κ1) is 10.4. The lowest BCUT2D eigenvalue weighted by Crippen LogP contribution is -2.04. The van der Waals surface area contributed by atoms with E-state index in [4.69, 9.17) is 10.2 Å². The Kier molecular flexibility index (Phi) is 3.21. The van der Waals surface area contributed by atoms with E-state index in [1.54, 1.807) is 12.1 Å². The van der Waals surface area contributed by atoms with E-state index in [2.05, 4.69) is 0 Å². The first-order chi connectivity index (χ1) is 7.29. The van der Waals surface area contributed by atoms with E-state index in [0.717, 1.165) is 0 Å². The van der Waals surface area contributed by atoms with Gasteiger partial charge in [0.25, 0.3) is 0 Å². The summed E-state index contributed by atoms with van der Waals surface area (Å²) in [6.07, 6.45) is 5.55. The zero-order valence-corrected chi connectivity index (χ0v) is 8.87. The Balaban J connectivity index is 1.94. The van der Waals surface area contributed by atoms with Crippen LogP contribution in [0.15, 0.2) is 16.5 Å². The Morgan fingerprint density at radius 1 is 1.40 bits per heavy atom. The predicted octanol–water partition coefficient (Wildman–Crippen LogP) is 2.50. The molecule has 2 rings (SSSR count). The highest BCUT2D eigenvalue weighted by Gasteiger charge is 2.20. The molecule has 0 atom stereocenters. The quantitative estimate of drug-likeness (QED) is 0.772. The number of carbonyl (C=O) groups is 1. The molecule has 0 amide bonds. The highest BCUT2D eigenvalue weighted by Crippen LogP contribution is 2.28. The van der Waals surface area contributed by atoms with E-state index in [9.17, 15) is 4.79 Å². The summed E-state index contributed by atoms with van der Waals surface area (Å²) in [4.78, 5) is 11.8. The van der Waals surface area contributed by atoms with Crippen LogP contribution in [0.1, 0.15) is 48.4 Å². The van der Waals surface area contributed by atoms with Gasteiger partial charge in [-0.2, -0.15) is 0 Å². The molecule has 1 fully saturated rings. The van der Waals surface area contributed by atoms with Gasteiger partial charge in [-0.3, -0.25) is 4.79 Å². The zero-order chi connectivity index (χ0) is 10.7. The van der Waals surface area contributed by atoms with E-state index < -0.39 is 0 Å². The average molecular weight is 207 g/mol. The normalized spacial score (nSPS) is 17.1. The molecule has 0 unspecified atom stereocenters. The number of nitrogens with two attached hydrogens (primary N) is 1. The van der Waals surface area contributed by atoms with Crippen LogP contribution in [0.5, 0.6) is 0 Å². The van der Waals surface area contributed by atoms with Crippen LogP contribution >= 0.6 is 0 Å². The van der Waals surface area contributed by atoms with Crippen molar-refractivity contribution in [2.24, 2.45) is 11.7 Å². The molecule has 15 heavy (non-hydrogen) atoms. The molecule has 2 N–H and O–H groups in total. The van der Waals surface area contributed by atoms with Crippen molar-refractivity contribution in [3.05, 3.63) is 23.7 Å². The number of ketones is 1. The number of carbonyl (C=O) groups excluding carboxylic acids is 1. The third-order valence-corrected chi connectivity index (χ3v) is 3.09. The number of Topliss-reactive ketones (excluding diaryl/α,β-unsaturated/α-hetero) is 1. The van der Waals surface area contributed by atoms with Crippen molar-refractivity contribution in [1.82, 2.24) is 0 Å². The van der Waals surface area contributed by atoms with E-state index >= 15 is 0 Å². The molecule has 1 aromatic heterocycles. The van der Waals surface area contributed by atoms with Crippen LogP contribution in [0.25, 0.3) is 0 Å².